The lowest BCUT2D eigenvalue weighted by molar-refractivity contribution is 0.103. The predicted octanol–water partition coefficient (Wildman–Crippen LogP) is 5.39. The van der Waals surface area contributed by atoms with Gasteiger partial charge in [-0.2, -0.15) is 0 Å². The first-order valence-corrected chi connectivity index (χ1v) is 11.0. The number of rotatable bonds is 6. The van der Waals surface area contributed by atoms with Crippen molar-refractivity contribution < 1.29 is 9.18 Å². The molecule has 6 heteroatoms. The first kappa shape index (κ1) is 21.0. The molecule has 4 rings (SSSR count). The van der Waals surface area contributed by atoms with Gasteiger partial charge in [0.05, 0.1) is 10.9 Å². The third-order valence-electron chi connectivity index (χ3n) is 5.16. The summed E-state index contributed by atoms with van der Waals surface area (Å²) in [6.45, 7) is 4.41. The number of ketones is 1. The predicted molar refractivity (Wildman–Crippen MR) is 122 cm³/mol. The third kappa shape index (κ3) is 4.30. The van der Waals surface area contributed by atoms with Gasteiger partial charge >= 0.3 is 0 Å². The molecule has 0 amide bonds. The van der Waals surface area contributed by atoms with Crippen LogP contribution in [-0.4, -0.2) is 15.3 Å². The average Bonchev–Trinajstić information content (AvgIpc) is 2.78. The first-order valence-electron chi connectivity index (χ1n) is 10.00. The van der Waals surface area contributed by atoms with E-state index in [-0.39, 0.29) is 17.2 Å². The Hall–Kier alpha value is -3.25. The maximum absolute atomic E-state index is 13.1. The van der Waals surface area contributed by atoms with Gasteiger partial charge in [-0.1, -0.05) is 48.2 Å². The monoisotopic (exact) mass is 432 g/mol. The molecular formula is C25H21FN2O2S. The molecule has 1 aromatic heterocycles. The summed E-state index contributed by atoms with van der Waals surface area (Å²) in [6.07, 6.45) is 0. The molecule has 1 heterocycles. The summed E-state index contributed by atoms with van der Waals surface area (Å²) in [5, 5.41) is 1.34. The Morgan fingerprint density at radius 3 is 2.29 bits per heavy atom. The summed E-state index contributed by atoms with van der Waals surface area (Å²) in [5.41, 5.74) is 3.62. The molecular weight excluding hydrogens is 411 g/mol. The Morgan fingerprint density at radius 1 is 1.00 bits per heavy atom. The number of carbonyl (C=O) groups is 1. The molecule has 31 heavy (non-hydrogen) atoms. The van der Waals surface area contributed by atoms with Crippen molar-refractivity contribution in [3.63, 3.8) is 0 Å². The summed E-state index contributed by atoms with van der Waals surface area (Å²) >= 11 is 1.50. The standard InChI is InChI=1S/C25H21FN2O2S/c1-3-28-24(30)22-16(2)5-4-6-21(22)27-25(28)31-15-17-7-9-18(10-8-17)23(29)19-11-13-20(26)14-12-19/h4-14H,3,15H2,1-2H3. The van der Waals surface area contributed by atoms with Gasteiger partial charge in [-0.05, 0) is 55.3 Å². The summed E-state index contributed by atoms with van der Waals surface area (Å²) in [7, 11) is 0. The zero-order valence-corrected chi connectivity index (χ0v) is 18.1. The van der Waals surface area contributed by atoms with Crippen molar-refractivity contribution in [2.24, 2.45) is 0 Å². The van der Waals surface area contributed by atoms with Gasteiger partial charge in [-0.3, -0.25) is 14.2 Å². The molecule has 156 valence electrons. The highest BCUT2D eigenvalue weighted by Crippen LogP contribution is 2.24. The second kappa shape index (κ2) is 8.86. The molecule has 0 fully saturated rings. The van der Waals surface area contributed by atoms with E-state index in [0.717, 1.165) is 11.1 Å². The fraction of sp³-hybridized carbons (Fsp3) is 0.160. The Balaban J connectivity index is 1.54. The minimum Gasteiger partial charge on any atom is -0.289 e. The molecule has 0 aliphatic rings. The van der Waals surface area contributed by atoms with Gasteiger partial charge in [0.25, 0.3) is 5.56 Å². The lowest BCUT2D eigenvalue weighted by atomic mass is 10.0. The van der Waals surface area contributed by atoms with Crippen molar-refractivity contribution in [3.8, 4) is 0 Å². The molecule has 3 aromatic carbocycles. The average molecular weight is 433 g/mol. The van der Waals surface area contributed by atoms with Crippen molar-refractivity contribution >= 4 is 28.4 Å². The summed E-state index contributed by atoms with van der Waals surface area (Å²) in [5.74, 6) is 0.104. The quantitative estimate of drug-likeness (QED) is 0.233. The van der Waals surface area contributed by atoms with E-state index in [4.69, 9.17) is 4.98 Å². The van der Waals surface area contributed by atoms with Crippen LogP contribution in [0.15, 0.2) is 76.7 Å². The van der Waals surface area contributed by atoms with Crippen LogP contribution in [0.5, 0.6) is 0 Å². The molecule has 0 spiro atoms. The number of benzene rings is 3. The van der Waals surface area contributed by atoms with Gasteiger partial charge in [0.1, 0.15) is 5.82 Å². The van der Waals surface area contributed by atoms with E-state index in [9.17, 15) is 14.0 Å². The van der Waals surface area contributed by atoms with Crippen LogP contribution in [0, 0.1) is 12.7 Å². The van der Waals surface area contributed by atoms with Crippen LogP contribution in [0.1, 0.15) is 34.0 Å². The molecule has 0 radical (unpaired) electrons. The van der Waals surface area contributed by atoms with Gasteiger partial charge in [0, 0.05) is 23.4 Å². The molecule has 0 N–H and O–H groups in total. The molecule has 0 bridgehead atoms. The van der Waals surface area contributed by atoms with Gasteiger partial charge in [-0.15, -0.1) is 0 Å². The molecule has 4 aromatic rings. The minimum atomic E-state index is -0.369. The molecule has 0 atom stereocenters. The smallest absolute Gasteiger partial charge is 0.262 e. The number of carbonyl (C=O) groups excluding carboxylic acids is 1. The molecule has 0 saturated heterocycles. The number of nitrogens with zero attached hydrogens (tertiary/aromatic N) is 2. The number of hydrogen-bond donors (Lipinski definition) is 0. The van der Waals surface area contributed by atoms with Crippen LogP contribution >= 0.6 is 11.8 Å². The van der Waals surface area contributed by atoms with Crippen LogP contribution in [0.4, 0.5) is 4.39 Å². The van der Waals surface area contributed by atoms with E-state index in [1.54, 1.807) is 16.7 Å². The van der Waals surface area contributed by atoms with Gasteiger partial charge in [0.15, 0.2) is 10.9 Å². The number of aryl methyl sites for hydroxylation is 1. The molecule has 0 saturated carbocycles. The van der Waals surface area contributed by atoms with Crippen molar-refractivity contribution in [2.45, 2.75) is 31.3 Å². The number of aromatic nitrogens is 2. The highest BCUT2D eigenvalue weighted by molar-refractivity contribution is 7.98. The van der Waals surface area contributed by atoms with Crippen LogP contribution in [-0.2, 0) is 12.3 Å². The van der Waals surface area contributed by atoms with E-state index < -0.39 is 0 Å². The Labute approximate surface area is 183 Å². The van der Waals surface area contributed by atoms with Gasteiger partial charge in [0.2, 0.25) is 0 Å². The zero-order chi connectivity index (χ0) is 22.0. The van der Waals surface area contributed by atoms with Crippen molar-refractivity contribution in [1.82, 2.24) is 9.55 Å². The van der Waals surface area contributed by atoms with Crippen molar-refractivity contribution in [3.05, 3.63) is 105 Å². The fourth-order valence-corrected chi connectivity index (χ4v) is 4.49. The first-order chi connectivity index (χ1) is 15.0. The van der Waals surface area contributed by atoms with Crippen LogP contribution in [0.2, 0.25) is 0 Å². The lowest BCUT2D eigenvalue weighted by Gasteiger charge is -2.12. The minimum absolute atomic E-state index is 0.0201. The number of hydrogen-bond acceptors (Lipinski definition) is 4. The van der Waals surface area contributed by atoms with E-state index in [0.29, 0.717) is 39.5 Å². The van der Waals surface area contributed by atoms with Crippen LogP contribution in [0.3, 0.4) is 0 Å². The number of thioether (sulfide) groups is 1. The van der Waals surface area contributed by atoms with Crippen LogP contribution in [0.25, 0.3) is 10.9 Å². The SMILES string of the molecule is CCn1c(SCc2ccc(C(=O)c3ccc(F)cc3)cc2)nc2cccc(C)c2c1=O. The summed E-state index contributed by atoms with van der Waals surface area (Å²) in [6, 6.07) is 18.6. The molecule has 0 unspecified atom stereocenters. The maximum atomic E-state index is 13.1. The number of fused-ring (bicyclic) bond motifs is 1. The topological polar surface area (TPSA) is 52.0 Å². The molecule has 0 aliphatic carbocycles. The van der Waals surface area contributed by atoms with E-state index >= 15 is 0 Å². The van der Waals surface area contributed by atoms with E-state index in [1.165, 1.54) is 36.0 Å². The highest BCUT2D eigenvalue weighted by atomic mass is 32.2. The molecule has 0 aliphatic heterocycles. The number of halogens is 1. The van der Waals surface area contributed by atoms with Crippen molar-refractivity contribution in [2.75, 3.05) is 0 Å². The van der Waals surface area contributed by atoms with Crippen LogP contribution < -0.4 is 5.56 Å². The maximum Gasteiger partial charge on any atom is 0.262 e. The second-order valence-corrected chi connectivity index (χ2v) is 8.18. The van der Waals surface area contributed by atoms with Gasteiger partial charge < -0.3 is 0 Å². The fourth-order valence-electron chi connectivity index (χ4n) is 3.47. The third-order valence-corrected chi connectivity index (χ3v) is 6.21. The largest absolute Gasteiger partial charge is 0.289 e. The lowest BCUT2D eigenvalue weighted by Crippen LogP contribution is -2.23. The second-order valence-electron chi connectivity index (χ2n) is 7.23. The Bertz CT molecular complexity index is 1310. The van der Waals surface area contributed by atoms with E-state index in [2.05, 4.69) is 0 Å². The Kier molecular flexibility index (Phi) is 6.00. The summed E-state index contributed by atoms with van der Waals surface area (Å²) < 4.78 is 14.8. The van der Waals surface area contributed by atoms with Gasteiger partial charge in [-0.25, -0.2) is 9.37 Å². The highest BCUT2D eigenvalue weighted by Gasteiger charge is 2.13. The van der Waals surface area contributed by atoms with Crippen molar-refractivity contribution in [1.29, 1.82) is 0 Å². The normalized spacial score (nSPS) is 11.1. The summed E-state index contributed by atoms with van der Waals surface area (Å²) in [4.78, 5) is 30.2. The molecule has 4 nitrogen and oxygen atoms in total. The zero-order valence-electron chi connectivity index (χ0n) is 17.3. The Morgan fingerprint density at radius 2 is 1.65 bits per heavy atom. The van der Waals surface area contributed by atoms with E-state index in [1.807, 2.05) is 44.2 Å².